The summed E-state index contributed by atoms with van der Waals surface area (Å²) in [6.07, 6.45) is 0. The molecule has 0 saturated heterocycles. The average molecular weight is 320 g/mol. The number of carbonyl (C=O) groups excluding carboxylic acids is 2. The SMILES string of the molecule is O=C1CNC(=O)c2cc(F)cc(I)c2N1. The van der Waals surface area contributed by atoms with Gasteiger partial charge in [-0.15, -0.1) is 0 Å². The van der Waals surface area contributed by atoms with E-state index in [4.69, 9.17) is 0 Å². The highest BCUT2D eigenvalue weighted by atomic mass is 127. The van der Waals surface area contributed by atoms with Gasteiger partial charge in [0.15, 0.2) is 0 Å². The van der Waals surface area contributed by atoms with Crippen LogP contribution in [0.5, 0.6) is 0 Å². The number of nitrogens with one attached hydrogen (secondary N) is 2. The van der Waals surface area contributed by atoms with Gasteiger partial charge in [0, 0.05) is 3.57 Å². The maximum Gasteiger partial charge on any atom is 0.253 e. The molecule has 1 heterocycles. The van der Waals surface area contributed by atoms with Gasteiger partial charge in [0.2, 0.25) is 5.91 Å². The van der Waals surface area contributed by atoms with E-state index in [1.165, 1.54) is 6.07 Å². The highest BCUT2D eigenvalue weighted by Crippen LogP contribution is 2.25. The molecule has 0 radical (unpaired) electrons. The molecule has 1 aromatic carbocycles. The molecule has 0 aromatic heterocycles. The van der Waals surface area contributed by atoms with E-state index in [2.05, 4.69) is 10.6 Å². The molecule has 0 atom stereocenters. The van der Waals surface area contributed by atoms with E-state index in [1.807, 2.05) is 22.6 Å². The highest BCUT2D eigenvalue weighted by Gasteiger charge is 2.21. The Labute approximate surface area is 98.4 Å². The Morgan fingerprint density at radius 1 is 1.33 bits per heavy atom. The van der Waals surface area contributed by atoms with E-state index in [0.29, 0.717) is 9.26 Å². The van der Waals surface area contributed by atoms with Crippen LogP contribution in [0.1, 0.15) is 10.4 Å². The van der Waals surface area contributed by atoms with Gasteiger partial charge in [0.05, 0.1) is 17.8 Å². The summed E-state index contributed by atoms with van der Waals surface area (Å²) in [5.74, 6) is -1.25. The molecular formula is C9H6FIN2O2. The summed E-state index contributed by atoms with van der Waals surface area (Å²) in [5.41, 5.74) is 0.530. The van der Waals surface area contributed by atoms with Crippen molar-refractivity contribution in [3.63, 3.8) is 0 Å². The molecule has 0 fully saturated rings. The lowest BCUT2D eigenvalue weighted by atomic mass is 10.1. The second kappa shape index (κ2) is 3.76. The van der Waals surface area contributed by atoms with Crippen molar-refractivity contribution in [3.05, 3.63) is 27.1 Å². The van der Waals surface area contributed by atoms with Crippen LogP contribution in [0.25, 0.3) is 0 Å². The largest absolute Gasteiger partial charge is 0.343 e. The molecule has 1 aliphatic heterocycles. The van der Waals surface area contributed by atoms with Crippen LogP contribution in [-0.2, 0) is 4.79 Å². The van der Waals surface area contributed by atoms with Crippen molar-refractivity contribution < 1.29 is 14.0 Å². The van der Waals surface area contributed by atoms with Crippen molar-refractivity contribution in [3.8, 4) is 0 Å². The minimum atomic E-state index is -0.496. The zero-order valence-corrected chi connectivity index (χ0v) is 9.59. The fourth-order valence-corrected chi connectivity index (χ4v) is 2.04. The number of benzene rings is 1. The Morgan fingerprint density at radius 2 is 2.07 bits per heavy atom. The number of rotatable bonds is 0. The normalized spacial score (nSPS) is 15.1. The Kier molecular flexibility index (Phi) is 2.59. The van der Waals surface area contributed by atoms with Crippen molar-refractivity contribution in [1.29, 1.82) is 0 Å². The van der Waals surface area contributed by atoms with E-state index in [9.17, 15) is 14.0 Å². The summed E-state index contributed by atoms with van der Waals surface area (Å²) < 4.78 is 13.6. The van der Waals surface area contributed by atoms with Gasteiger partial charge >= 0.3 is 0 Å². The first kappa shape index (κ1) is 10.3. The maximum absolute atomic E-state index is 13.1. The molecule has 4 nitrogen and oxygen atoms in total. The Bertz CT molecular complexity index is 462. The fraction of sp³-hybridized carbons (Fsp3) is 0.111. The maximum atomic E-state index is 13.1. The zero-order chi connectivity index (χ0) is 11.0. The molecule has 78 valence electrons. The number of amides is 2. The molecule has 2 N–H and O–H groups in total. The van der Waals surface area contributed by atoms with Gasteiger partial charge < -0.3 is 10.6 Å². The predicted octanol–water partition coefficient (Wildman–Crippen LogP) is 1.11. The number of hydrogen-bond acceptors (Lipinski definition) is 2. The van der Waals surface area contributed by atoms with E-state index in [1.54, 1.807) is 0 Å². The Hall–Kier alpha value is -1.18. The molecule has 0 bridgehead atoms. The Balaban J connectivity index is 2.61. The van der Waals surface area contributed by atoms with Gasteiger partial charge in [0.25, 0.3) is 5.91 Å². The first-order valence-corrected chi connectivity index (χ1v) is 5.23. The van der Waals surface area contributed by atoms with Gasteiger partial charge in [-0.1, -0.05) is 0 Å². The van der Waals surface area contributed by atoms with Crippen LogP contribution in [0.2, 0.25) is 0 Å². The van der Waals surface area contributed by atoms with Crippen LogP contribution in [0.3, 0.4) is 0 Å². The first-order valence-electron chi connectivity index (χ1n) is 4.15. The molecule has 2 amide bonds. The molecule has 6 heteroatoms. The van der Waals surface area contributed by atoms with Crippen LogP contribution in [0.4, 0.5) is 10.1 Å². The van der Waals surface area contributed by atoms with Crippen molar-refractivity contribution in [1.82, 2.24) is 5.32 Å². The number of halogens is 2. The van der Waals surface area contributed by atoms with Crippen LogP contribution < -0.4 is 10.6 Å². The summed E-state index contributed by atoms with van der Waals surface area (Å²) in [7, 11) is 0. The third kappa shape index (κ3) is 1.94. The fourth-order valence-electron chi connectivity index (χ4n) is 1.32. The summed E-state index contributed by atoms with van der Waals surface area (Å²) in [6.45, 7) is -0.0921. The third-order valence-corrected chi connectivity index (χ3v) is 2.82. The predicted molar refractivity (Wildman–Crippen MR) is 60.1 cm³/mol. The van der Waals surface area contributed by atoms with Gasteiger partial charge in [-0.2, -0.15) is 0 Å². The quantitative estimate of drug-likeness (QED) is 0.704. The lowest BCUT2D eigenvalue weighted by molar-refractivity contribution is -0.115. The smallest absolute Gasteiger partial charge is 0.253 e. The van der Waals surface area contributed by atoms with Crippen LogP contribution in [-0.4, -0.2) is 18.4 Å². The van der Waals surface area contributed by atoms with E-state index in [-0.39, 0.29) is 18.0 Å². The van der Waals surface area contributed by atoms with Gasteiger partial charge in [-0.3, -0.25) is 9.59 Å². The number of fused-ring (bicyclic) bond motifs is 1. The topological polar surface area (TPSA) is 58.2 Å². The molecular weight excluding hydrogens is 314 g/mol. The Morgan fingerprint density at radius 3 is 2.80 bits per heavy atom. The average Bonchev–Trinajstić information content (AvgIpc) is 2.30. The minimum absolute atomic E-state index is 0.0921. The summed E-state index contributed by atoms with van der Waals surface area (Å²) >= 11 is 1.87. The molecule has 0 unspecified atom stereocenters. The molecule has 2 rings (SSSR count). The summed E-state index contributed by atoms with van der Waals surface area (Å²) in [5, 5.41) is 4.94. The van der Waals surface area contributed by atoms with Crippen molar-refractivity contribution in [2.24, 2.45) is 0 Å². The number of hydrogen-bond donors (Lipinski definition) is 2. The van der Waals surface area contributed by atoms with Crippen molar-refractivity contribution >= 4 is 40.1 Å². The molecule has 0 saturated carbocycles. The highest BCUT2D eigenvalue weighted by molar-refractivity contribution is 14.1. The lowest BCUT2D eigenvalue weighted by Crippen LogP contribution is -2.28. The molecule has 0 spiro atoms. The summed E-state index contributed by atoms with van der Waals surface area (Å²) in [6, 6.07) is 2.37. The third-order valence-electron chi connectivity index (χ3n) is 1.97. The van der Waals surface area contributed by atoms with E-state index >= 15 is 0 Å². The van der Waals surface area contributed by atoms with Gasteiger partial charge in [-0.25, -0.2) is 4.39 Å². The number of anilines is 1. The minimum Gasteiger partial charge on any atom is -0.343 e. The molecule has 1 aliphatic rings. The second-order valence-corrected chi connectivity index (χ2v) is 4.20. The van der Waals surface area contributed by atoms with Crippen molar-refractivity contribution in [2.75, 3.05) is 11.9 Å². The van der Waals surface area contributed by atoms with E-state index < -0.39 is 11.7 Å². The van der Waals surface area contributed by atoms with Gasteiger partial charge in [-0.05, 0) is 34.7 Å². The van der Waals surface area contributed by atoms with Crippen LogP contribution in [0, 0.1) is 9.39 Å². The molecule has 15 heavy (non-hydrogen) atoms. The standard InChI is InChI=1S/C9H6FIN2O2/c10-4-1-5-8(6(11)2-4)13-7(14)3-12-9(5)15/h1-2H,3H2,(H,12,15)(H,13,14). The van der Waals surface area contributed by atoms with Crippen molar-refractivity contribution in [2.45, 2.75) is 0 Å². The van der Waals surface area contributed by atoms with E-state index in [0.717, 1.165) is 6.07 Å². The van der Waals surface area contributed by atoms with Gasteiger partial charge in [0.1, 0.15) is 5.82 Å². The first-order chi connectivity index (χ1) is 7.08. The van der Waals surface area contributed by atoms with Crippen LogP contribution in [0.15, 0.2) is 12.1 Å². The monoisotopic (exact) mass is 320 g/mol. The number of carbonyl (C=O) groups is 2. The lowest BCUT2D eigenvalue weighted by Gasteiger charge is -2.07. The summed E-state index contributed by atoms with van der Waals surface area (Å²) in [4.78, 5) is 22.7. The zero-order valence-electron chi connectivity index (χ0n) is 7.43. The van der Waals surface area contributed by atoms with Crippen LogP contribution >= 0.6 is 22.6 Å². The second-order valence-electron chi connectivity index (χ2n) is 3.04. The molecule has 1 aromatic rings. The molecule has 0 aliphatic carbocycles.